The molecule has 17 heavy (non-hydrogen) atoms. The molecule has 0 radical (unpaired) electrons. The summed E-state index contributed by atoms with van der Waals surface area (Å²) in [5.74, 6) is 0.481. The van der Waals surface area contributed by atoms with E-state index in [1.54, 1.807) is 0 Å². The number of amides is 1. The highest BCUT2D eigenvalue weighted by atomic mass is 16.5. The van der Waals surface area contributed by atoms with Crippen LogP contribution in [0.2, 0.25) is 0 Å². The van der Waals surface area contributed by atoms with Gasteiger partial charge in [-0.25, -0.2) is 0 Å². The lowest BCUT2D eigenvalue weighted by Gasteiger charge is -2.16. The van der Waals surface area contributed by atoms with Crippen molar-refractivity contribution < 1.29 is 9.53 Å². The zero-order valence-electron chi connectivity index (χ0n) is 10.4. The Morgan fingerprint density at radius 2 is 2.53 bits per heavy atom. The molecule has 0 saturated carbocycles. The van der Waals surface area contributed by atoms with E-state index >= 15 is 0 Å². The molecule has 1 amide bonds. The van der Waals surface area contributed by atoms with E-state index in [4.69, 9.17) is 4.74 Å². The van der Waals surface area contributed by atoms with Gasteiger partial charge in [-0.1, -0.05) is 0 Å². The van der Waals surface area contributed by atoms with Crippen LogP contribution in [-0.2, 0) is 9.53 Å². The van der Waals surface area contributed by atoms with Crippen LogP contribution < -0.4 is 0 Å². The molecule has 94 valence electrons. The van der Waals surface area contributed by atoms with Crippen LogP contribution in [0.3, 0.4) is 0 Å². The van der Waals surface area contributed by atoms with Crippen LogP contribution in [0, 0.1) is 6.92 Å². The molecule has 1 aromatic rings. The zero-order chi connectivity index (χ0) is 12.3. The van der Waals surface area contributed by atoms with Gasteiger partial charge in [0.05, 0.1) is 6.20 Å². The van der Waals surface area contributed by atoms with Crippen LogP contribution in [-0.4, -0.2) is 47.3 Å². The first-order valence-electron chi connectivity index (χ1n) is 6.07. The Hall–Kier alpha value is -1.36. The molecule has 0 aliphatic carbocycles. The predicted molar refractivity (Wildman–Crippen MR) is 63.8 cm³/mol. The molecule has 0 bridgehead atoms. The van der Waals surface area contributed by atoms with E-state index in [2.05, 4.69) is 10.2 Å². The summed E-state index contributed by atoms with van der Waals surface area (Å²) in [6, 6.07) is 0. The minimum absolute atomic E-state index is 0.0894. The summed E-state index contributed by atoms with van der Waals surface area (Å²) in [5.41, 5.74) is 2.34. The third-order valence-corrected chi connectivity index (χ3v) is 3.25. The van der Waals surface area contributed by atoms with Crippen LogP contribution in [0.4, 0.5) is 0 Å². The third kappa shape index (κ3) is 2.66. The van der Waals surface area contributed by atoms with E-state index in [1.807, 2.05) is 24.9 Å². The zero-order valence-corrected chi connectivity index (χ0v) is 10.4. The van der Waals surface area contributed by atoms with Gasteiger partial charge in [0.1, 0.15) is 6.61 Å². The lowest BCUT2D eigenvalue weighted by atomic mass is 10.0. The molecule has 1 aliphatic rings. The molecule has 0 aromatic carbocycles. The summed E-state index contributed by atoms with van der Waals surface area (Å²) in [6.07, 6.45) is 2.83. The van der Waals surface area contributed by atoms with E-state index < -0.39 is 0 Å². The number of aromatic nitrogens is 2. The number of carbonyl (C=O) groups excluding carboxylic acids is 1. The van der Waals surface area contributed by atoms with Gasteiger partial charge in [-0.05, 0) is 25.8 Å². The minimum atomic E-state index is 0.0894. The topological polar surface area (TPSA) is 58.2 Å². The van der Waals surface area contributed by atoms with Crippen molar-refractivity contribution in [1.82, 2.24) is 15.1 Å². The monoisotopic (exact) mass is 237 g/mol. The van der Waals surface area contributed by atoms with E-state index in [-0.39, 0.29) is 12.5 Å². The fourth-order valence-electron chi connectivity index (χ4n) is 2.27. The number of aromatic amines is 1. The molecule has 0 spiro atoms. The van der Waals surface area contributed by atoms with Crippen molar-refractivity contribution in [3.8, 4) is 0 Å². The molecule has 1 fully saturated rings. The molecule has 0 unspecified atom stereocenters. The van der Waals surface area contributed by atoms with Crippen LogP contribution in [0.1, 0.15) is 30.5 Å². The van der Waals surface area contributed by atoms with E-state index in [0.717, 1.165) is 25.2 Å². The van der Waals surface area contributed by atoms with Gasteiger partial charge in [-0.2, -0.15) is 5.10 Å². The average Bonchev–Trinajstić information content (AvgIpc) is 2.93. The average molecular weight is 237 g/mol. The Labute approximate surface area is 101 Å². The highest BCUT2D eigenvalue weighted by Gasteiger charge is 2.28. The van der Waals surface area contributed by atoms with Crippen molar-refractivity contribution >= 4 is 5.91 Å². The second-order valence-electron chi connectivity index (χ2n) is 4.43. The third-order valence-electron chi connectivity index (χ3n) is 3.25. The van der Waals surface area contributed by atoms with E-state index in [9.17, 15) is 4.79 Å². The molecule has 1 aliphatic heterocycles. The molecule has 1 saturated heterocycles. The van der Waals surface area contributed by atoms with E-state index in [0.29, 0.717) is 12.5 Å². The Morgan fingerprint density at radius 3 is 3.18 bits per heavy atom. The van der Waals surface area contributed by atoms with Crippen LogP contribution in [0.25, 0.3) is 0 Å². The number of hydrogen-bond acceptors (Lipinski definition) is 3. The van der Waals surface area contributed by atoms with Gasteiger partial charge in [0.2, 0.25) is 5.91 Å². The number of ether oxygens (including phenoxy) is 1. The lowest BCUT2D eigenvalue weighted by Crippen LogP contribution is -2.31. The Morgan fingerprint density at radius 1 is 1.71 bits per heavy atom. The molecular weight excluding hydrogens is 218 g/mol. The highest BCUT2D eigenvalue weighted by molar-refractivity contribution is 5.77. The molecule has 2 rings (SSSR count). The SMILES string of the molecule is CCOCC(=O)N1CC[C@@H](c2[nH]ncc2C)C1. The molecule has 2 heterocycles. The first-order chi connectivity index (χ1) is 8.22. The largest absolute Gasteiger partial charge is 0.372 e. The molecule has 1 atom stereocenters. The molecule has 1 aromatic heterocycles. The Bertz CT molecular complexity index is 389. The Balaban J connectivity index is 1.91. The maximum absolute atomic E-state index is 11.8. The first kappa shape index (κ1) is 12.1. The molecule has 1 N–H and O–H groups in total. The van der Waals surface area contributed by atoms with Gasteiger partial charge in [-0.3, -0.25) is 9.89 Å². The predicted octanol–water partition coefficient (Wildman–Crippen LogP) is 1.07. The van der Waals surface area contributed by atoms with Gasteiger partial charge in [-0.15, -0.1) is 0 Å². The smallest absolute Gasteiger partial charge is 0.248 e. The number of carbonyl (C=O) groups is 1. The summed E-state index contributed by atoms with van der Waals surface area (Å²) in [4.78, 5) is 13.7. The lowest BCUT2D eigenvalue weighted by molar-refractivity contribution is -0.134. The van der Waals surface area contributed by atoms with Gasteiger partial charge < -0.3 is 9.64 Å². The summed E-state index contributed by atoms with van der Waals surface area (Å²) in [7, 11) is 0. The van der Waals surface area contributed by atoms with Crippen molar-refractivity contribution in [1.29, 1.82) is 0 Å². The normalized spacial score (nSPS) is 19.9. The fourth-order valence-corrected chi connectivity index (χ4v) is 2.27. The number of H-pyrrole nitrogens is 1. The van der Waals surface area contributed by atoms with Crippen molar-refractivity contribution in [2.45, 2.75) is 26.2 Å². The first-order valence-corrected chi connectivity index (χ1v) is 6.07. The number of rotatable bonds is 4. The summed E-state index contributed by atoms with van der Waals surface area (Å²) >= 11 is 0. The van der Waals surface area contributed by atoms with Crippen molar-refractivity contribution in [3.05, 3.63) is 17.5 Å². The fraction of sp³-hybridized carbons (Fsp3) is 0.667. The van der Waals surface area contributed by atoms with Gasteiger partial charge >= 0.3 is 0 Å². The molecule has 5 heteroatoms. The molecule has 5 nitrogen and oxygen atoms in total. The van der Waals surface area contributed by atoms with Gasteiger partial charge in [0, 0.05) is 31.3 Å². The number of nitrogens with one attached hydrogen (secondary N) is 1. The standard InChI is InChI=1S/C12H19N3O2/c1-3-17-8-11(16)15-5-4-10(7-15)12-9(2)6-13-14-12/h6,10H,3-5,7-8H2,1-2H3,(H,13,14)/t10-/m1/s1. The van der Waals surface area contributed by atoms with Crippen molar-refractivity contribution in [2.75, 3.05) is 26.3 Å². The number of hydrogen-bond donors (Lipinski definition) is 1. The number of likely N-dealkylation sites (tertiary alicyclic amines) is 1. The van der Waals surface area contributed by atoms with Crippen LogP contribution in [0.5, 0.6) is 0 Å². The number of aryl methyl sites for hydroxylation is 1. The Kier molecular flexibility index (Phi) is 3.78. The highest BCUT2D eigenvalue weighted by Crippen LogP contribution is 2.27. The molecular formula is C12H19N3O2. The minimum Gasteiger partial charge on any atom is -0.372 e. The van der Waals surface area contributed by atoms with Crippen molar-refractivity contribution in [2.24, 2.45) is 0 Å². The maximum Gasteiger partial charge on any atom is 0.248 e. The summed E-state index contributed by atoms with van der Waals surface area (Å²) < 4.78 is 5.15. The quantitative estimate of drug-likeness (QED) is 0.852. The van der Waals surface area contributed by atoms with Crippen LogP contribution in [0.15, 0.2) is 6.20 Å². The second-order valence-corrected chi connectivity index (χ2v) is 4.43. The maximum atomic E-state index is 11.8. The van der Waals surface area contributed by atoms with Gasteiger partial charge in [0.25, 0.3) is 0 Å². The summed E-state index contributed by atoms with van der Waals surface area (Å²) in [5, 5.41) is 7.06. The number of nitrogens with zero attached hydrogens (tertiary/aromatic N) is 2. The van der Waals surface area contributed by atoms with E-state index in [1.165, 1.54) is 5.56 Å². The van der Waals surface area contributed by atoms with Crippen LogP contribution >= 0.6 is 0 Å². The van der Waals surface area contributed by atoms with Gasteiger partial charge in [0.15, 0.2) is 0 Å². The second kappa shape index (κ2) is 5.31. The summed E-state index contributed by atoms with van der Waals surface area (Å²) in [6.45, 7) is 6.31. The van der Waals surface area contributed by atoms with Crippen molar-refractivity contribution in [3.63, 3.8) is 0 Å².